The normalized spacial score (nSPS) is 11.4. The van der Waals surface area contributed by atoms with Gasteiger partial charge in [-0.3, -0.25) is 0 Å². The first-order chi connectivity index (χ1) is 9.38. The molecule has 0 saturated heterocycles. The highest BCUT2D eigenvalue weighted by atomic mass is 35.5. The van der Waals surface area contributed by atoms with E-state index in [4.69, 9.17) is 11.6 Å². The number of anilines is 1. The van der Waals surface area contributed by atoms with E-state index in [-0.39, 0.29) is 17.3 Å². The van der Waals surface area contributed by atoms with Gasteiger partial charge in [-0.25, -0.2) is 4.39 Å². The van der Waals surface area contributed by atoms with Gasteiger partial charge in [0.05, 0.1) is 16.3 Å². The second-order valence-corrected chi connectivity index (χ2v) is 4.56. The first kappa shape index (κ1) is 14.7. The summed E-state index contributed by atoms with van der Waals surface area (Å²) in [4.78, 5) is 0. The Labute approximate surface area is 118 Å². The summed E-state index contributed by atoms with van der Waals surface area (Å²) in [5.41, 5.74) is -0.183. The Morgan fingerprint density at radius 3 is 2.45 bits per heavy atom. The van der Waals surface area contributed by atoms with Gasteiger partial charge in [0, 0.05) is 6.54 Å². The number of hydrogen-bond acceptors (Lipinski definition) is 1. The summed E-state index contributed by atoms with van der Waals surface area (Å²) in [5.74, 6) is -0.624. The quantitative estimate of drug-likeness (QED) is 0.777. The maximum Gasteiger partial charge on any atom is 0.416 e. The van der Waals surface area contributed by atoms with Crippen LogP contribution >= 0.6 is 11.6 Å². The van der Waals surface area contributed by atoms with Crippen LogP contribution in [0.5, 0.6) is 0 Å². The van der Waals surface area contributed by atoms with Crippen LogP contribution in [0.1, 0.15) is 11.1 Å². The minimum absolute atomic E-state index is 0.0426. The van der Waals surface area contributed by atoms with Crippen molar-refractivity contribution in [2.75, 3.05) is 5.32 Å². The Kier molecular flexibility index (Phi) is 4.18. The number of nitrogens with one attached hydrogen (secondary N) is 1. The number of rotatable bonds is 3. The van der Waals surface area contributed by atoms with Crippen molar-refractivity contribution in [3.05, 3.63) is 64.4 Å². The first-order valence-electron chi connectivity index (χ1n) is 5.72. The van der Waals surface area contributed by atoms with Gasteiger partial charge in [-0.1, -0.05) is 29.8 Å². The maximum absolute atomic E-state index is 13.6. The number of hydrogen-bond donors (Lipinski definition) is 1. The smallest absolute Gasteiger partial charge is 0.379 e. The lowest BCUT2D eigenvalue weighted by Crippen LogP contribution is -2.07. The van der Waals surface area contributed by atoms with Gasteiger partial charge in [-0.15, -0.1) is 0 Å². The third-order valence-corrected chi connectivity index (χ3v) is 2.98. The summed E-state index contributed by atoms with van der Waals surface area (Å²) < 4.78 is 51.2. The molecule has 106 valence electrons. The van der Waals surface area contributed by atoms with Crippen molar-refractivity contribution >= 4 is 17.3 Å². The van der Waals surface area contributed by atoms with E-state index in [1.54, 1.807) is 6.07 Å². The van der Waals surface area contributed by atoms with Crippen LogP contribution in [0, 0.1) is 5.82 Å². The molecule has 0 spiro atoms. The van der Waals surface area contributed by atoms with Crippen molar-refractivity contribution in [2.45, 2.75) is 12.7 Å². The lowest BCUT2D eigenvalue weighted by Gasteiger charge is -2.11. The fraction of sp³-hybridized carbons (Fsp3) is 0.143. The largest absolute Gasteiger partial charge is 0.416 e. The topological polar surface area (TPSA) is 12.0 Å². The fourth-order valence-corrected chi connectivity index (χ4v) is 1.87. The second kappa shape index (κ2) is 5.71. The first-order valence-corrected chi connectivity index (χ1v) is 6.10. The van der Waals surface area contributed by atoms with Gasteiger partial charge in [0.15, 0.2) is 5.82 Å². The molecule has 0 heterocycles. The molecule has 6 heteroatoms. The summed E-state index contributed by atoms with van der Waals surface area (Å²) in [6.45, 7) is 0.0706. The Hall–Kier alpha value is -1.75. The zero-order chi connectivity index (χ0) is 14.8. The molecule has 0 aliphatic carbocycles. The van der Waals surface area contributed by atoms with E-state index in [1.165, 1.54) is 24.3 Å². The molecule has 0 amide bonds. The van der Waals surface area contributed by atoms with Crippen molar-refractivity contribution in [2.24, 2.45) is 0 Å². The van der Waals surface area contributed by atoms with Crippen molar-refractivity contribution in [1.29, 1.82) is 0 Å². The zero-order valence-corrected chi connectivity index (χ0v) is 10.9. The molecule has 0 atom stereocenters. The van der Waals surface area contributed by atoms with Crippen LogP contribution in [-0.2, 0) is 12.7 Å². The van der Waals surface area contributed by atoms with Crippen LogP contribution in [0.2, 0.25) is 5.02 Å². The van der Waals surface area contributed by atoms with Gasteiger partial charge in [-0.2, -0.15) is 13.2 Å². The van der Waals surface area contributed by atoms with Crippen LogP contribution in [0.25, 0.3) is 0 Å². The summed E-state index contributed by atoms with van der Waals surface area (Å²) in [6.07, 6.45) is -4.39. The van der Waals surface area contributed by atoms with Gasteiger partial charge in [0.2, 0.25) is 0 Å². The molecule has 20 heavy (non-hydrogen) atoms. The van der Waals surface area contributed by atoms with Gasteiger partial charge in [0.1, 0.15) is 0 Å². The molecular weight excluding hydrogens is 294 g/mol. The van der Waals surface area contributed by atoms with E-state index in [0.717, 1.165) is 12.1 Å². The molecule has 0 aromatic heterocycles. The average Bonchev–Trinajstić information content (AvgIpc) is 2.40. The predicted molar refractivity (Wildman–Crippen MR) is 70.2 cm³/mol. The predicted octanol–water partition coefficient (Wildman–Crippen LogP) is 5.11. The monoisotopic (exact) mass is 303 g/mol. The molecule has 0 fully saturated rings. The van der Waals surface area contributed by atoms with Gasteiger partial charge >= 0.3 is 6.18 Å². The molecule has 2 aromatic carbocycles. The molecule has 0 unspecified atom stereocenters. The van der Waals surface area contributed by atoms with E-state index in [1.807, 2.05) is 0 Å². The maximum atomic E-state index is 13.6. The second-order valence-electron chi connectivity index (χ2n) is 4.15. The standard InChI is InChI=1S/C14H10ClF4N/c15-11-5-2-6-12(13(11)16)20-8-9-3-1-4-10(7-9)14(17,18)19/h1-7,20H,8H2. The number of alkyl halides is 3. The minimum atomic E-state index is -4.39. The Balaban J connectivity index is 2.13. The molecule has 1 N–H and O–H groups in total. The van der Waals surface area contributed by atoms with Gasteiger partial charge in [0.25, 0.3) is 0 Å². The number of halogens is 5. The molecule has 0 bridgehead atoms. The molecule has 0 radical (unpaired) electrons. The molecule has 2 rings (SSSR count). The van der Waals surface area contributed by atoms with Crippen molar-refractivity contribution in [1.82, 2.24) is 0 Å². The molecule has 0 saturated carbocycles. The lowest BCUT2D eigenvalue weighted by atomic mass is 10.1. The van der Waals surface area contributed by atoms with Crippen LogP contribution in [0.4, 0.5) is 23.2 Å². The highest BCUT2D eigenvalue weighted by molar-refractivity contribution is 6.31. The van der Waals surface area contributed by atoms with Crippen molar-refractivity contribution in [3.63, 3.8) is 0 Å². The summed E-state index contributed by atoms with van der Waals surface area (Å²) >= 11 is 5.62. The molecule has 0 aliphatic rings. The van der Waals surface area contributed by atoms with Crippen LogP contribution in [0.15, 0.2) is 42.5 Å². The van der Waals surface area contributed by atoms with Crippen molar-refractivity contribution < 1.29 is 17.6 Å². The summed E-state index contributed by atoms with van der Waals surface area (Å²) in [6, 6.07) is 9.28. The van der Waals surface area contributed by atoms with Gasteiger partial charge < -0.3 is 5.32 Å². The number of benzene rings is 2. The summed E-state index contributed by atoms with van der Waals surface area (Å²) in [7, 11) is 0. The zero-order valence-electron chi connectivity index (χ0n) is 10.1. The fourth-order valence-electron chi connectivity index (χ4n) is 1.70. The molecule has 1 nitrogen and oxygen atoms in total. The third kappa shape index (κ3) is 3.42. The lowest BCUT2D eigenvalue weighted by molar-refractivity contribution is -0.137. The molecular formula is C14H10ClF4N. The Morgan fingerprint density at radius 2 is 1.75 bits per heavy atom. The summed E-state index contributed by atoms with van der Waals surface area (Å²) in [5, 5.41) is 2.68. The van der Waals surface area contributed by atoms with Crippen molar-refractivity contribution in [3.8, 4) is 0 Å². The SMILES string of the molecule is Fc1c(Cl)cccc1NCc1cccc(C(F)(F)F)c1. The van der Waals surface area contributed by atoms with E-state index >= 15 is 0 Å². The highest BCUT2D eigenvalue weighted by Crippen LogP contribution is 2.30. The average molecular weight is 304 g/mol. The Bertz CT molecular complexity index is 610. The van der Waals surface area contributed by atoms with Crippen LogP contribution in [0.3, 0.4) is 0 Å². The Morgan fingerprint density at radius 1 is 1.05 bits per heavy atom. The van der Waals surface area contributed by atoms with Crippen LogP contribution in [-0.4, -0.2) is 0 Å². The van der Waals surface area contributed by atoms with E-state index in [9.17, 15) is 17.6 Å². The third-order valence-electron chi connectivity index (χ3n) is 2.69. The van der Waals surface area contributed by atoms with E-state index in [0.29, 0.717) is 5.56 Å². The van der Waals surface area contributed by atoms with Gasteiger partial charge in [-0.05, 0) is 29.8 Å². The van der Waals surface area contributed by atoms with Crippen LogP contribution < -0.4 is 5.32 Å². The van der Waals surface area contributed by atoms with E-state index < -0.39 is 17.6 Å². The molecule has 0 aliphatic heterocycles. The highest BCUT2D eigenvalue weighted by Gasteiger charge is 2.30. The minimum Gasteiger partial charge on any atom is -0.379 e. The molecule has 2 aromatic rings. The van der Waals surface area contributed by atoms with E-state index in [2.05, 4.69) is 5.32 Å².